The van der Waals surface area contributed by atoms with Crippen LogP contribution in [0.25, 0.3) is 0 Å². The average Bonchev–Trinajstić information content (AvgIpc) is 2.69. The highest BCUT2D eigenvalue weighted by atomic mass is 35.5. The van der Waals surface area contributed by atoms with Crippen LogP contribution in [0.15, 0.2) is 12.1 Å². The summed E-state index contributed by atoms with van der Waals surface area (Å²) in [6.45, 7) is 5.03. The van der Waals surface area contributed by atoms with E-state index in [2.05, 4.69) is 25.3 Å². The Morgan fingerprint density at radius 3 is 2.77 bits per heavy atom. The van der Waals surface area contributed by atoms with Gasteiger partial charge >= 0.3 is 0 Å². The van der Waals surface area contributed by atoms with Gasteiger partial charge in [-0.05, 0) is 44.4 Å². The molecule has 0 aliphatic carbocycles. The second-order valence-corrected chi connectivity index (χ2v) is 7.44. The Morgan fingerprint density at radius 2 is 2.08 bits per heavy atom. The van der Waals surface area contributed by atoms with Crippen LogP contribution >= 0.6 is 11.6 Å². The van der Waals surface area contributed by atoms with Crippen LogP contribution in [-0.2, 0) is 9.53 Å². The van der Waals surface area contributed by atoms with Crippen molar-refractivity contribution >= 4 is 23.3 Å². The van der Waals surface area contributed by atoms with Crippen LogP contribution in [-0.4, -0.2) is 73.5 Å². The van der Waals surface area contributed by atoms with E-state index in [1.807, 2.05) is 6.07 Å². The van der Waals surface area contributed by atoms with E-state index in [0.29, 0.717) is 24.3 Å². The number of piperidine rings is 2. The minimum Gasteiger partial charge on any atom is -0.383 e. The molecule has 0 saturated carbocycles. The van der Waals surface area contributed by atoms with Crippen LogP contribution < -0.4 is 10.2 Å². The molecule has 1 N–H and O–H groups in total. The number of ether oxygens (including phenoxy) is 1. The summed E-state index contributed by atoms with van der Waals surface area (Å²) in [5.74, 6) is 1.16. The fourth-order valence-electron chi connectivity index (χ4n) is 3.91. The topological polar surface area (TPSA) is 70.6 Å². The quantitative estimate of drug-likeness (QED) is 0.754. The second kappa shape index (κ2) is 9.48. The summed E-state index contributed by atoms with van der Waals surface area (Å²) >= 11 is 5.82. The van der Waals surface area contributed by atoms with Crippen molar-refractivity contribution in [2.45, 2.75) is 31.7 Å². The number of nitrogens with one attached hydrogen (secondary N) is 1. The molecular formula is C18H28ClN5O2. The molecule has 0 radical (unpaired) electrons. The first-order valence-corrected chi connectivity index (χ1v) is 9.80. The zero-order valence-electron chi connectivity index (χ0n) is 15.4. The molecule has 2 aliphatic heterocycles. The van der Waals surface area contributed by atoms with Crippen molar-refractivity contribution in [1.29, 1.82) is 0 Å². The van der Waals surface area contributed by atoms with E-state index < -0.39 is 0 Å². The van der Waals surface area contributed by atoms with E-state index in [4.69, 9.17) is 16.3 Å². The van der Waals surface area contributed by atoms with Gasteiger partial charge in [0.25, 0.3) is 0 Å². The molecule has 2 fully saturated rings. The molecule has 2 aliphatic rings. The lowest BCUT2D eigenvalue weighted by Crippen LogP contribution is -2.51. The average molecular weight is 382 g/mol. The molecule has 3 rings (SSSR count). The number of halogens is 1. The van der Waals surface area contributed by atoms with Crippen molar-refractivity contribution in [2.75, 3.05) is 51.3 Å². The van der Waals surface area contributed by atoms with Crippen molar-refractivity contribution in [2.24, 2.45) is 5.92 Å². The van der Waals surface area contributed by atoms with Crippen molar-refractivity contribution < 1.29 is 9.53 Å². The van der Waals surface area contributed by atoms with Gasteiger partial charge in [-0.25, -0.2) is 0 Å². The van der Waals surface area contributed by atoms with Gasteiger partial charge in [0.2, 0.25) is 5.91 Å². The van der Waals surface area contributed by atoms with Crippen LogP contribution in [0.1, 0.15) is 25.7 Å². The Bertz CT molecular complexity index is 577. The molecule has 0 aromatic carbocycles. The number of anilines is 1. The number of amides is 1. The summed E-state index contributed by atoms with van der Waals surface area (Å²) in [4.78, 5) is 17.1. The minimum atomic E-state index is 0.0979. The molecular weight excluding hydrogens is 354 g/mol. The number of aromatic nitrogens is 2. The molecule has 144 valence electrons. The summed E-state index contributed by atoms with van der Waals surface area (Å²) in [6, 6.07) is 4.26. The predicted octanol–water partition coefficient (Wildman–Crippen LogP) is 1.57. The Hall–Kier alpha value is -1.44. The van der Waals surface area contributed by atoms with Gasteiger partial charge in [-0.1, -0.05) is 11.6 Å². The number of likely N-dealkylation sites (tertiary alicyclic amines) is 1. The summed E-state index contributed by atoms with van der Waals surface area (Å²) in [6.07, 6.45) is 4.24. The lowest BCUT2D eigenvalue weighted by molar-refractivity contribution is -0.127. The number of hydrogen-bond acceptors (Lipinski definition) is 6. The van der Waals surface area contributed by atoms with E-state index in [1.54, 1.807) is 13.2 Å². The molecule has 0 unspecified atom stereocenters. The highest BCUT2D eigenvalue weighted by molar-refractivity contribution is 6.29. The van der Waals surface area contributed by atoms with Gasteiger partial charge in [-0.2, -0.15) is 0 Å². The van der Waals surface area contributed by atoms with Gasteiger partial charge in [-0.15, -0.1) is 10.2 Å². The smallest absolute Gasteiger partial charge is 0.224 e. The number of nitrogens with zero attached hydrogens (tertiary/aromatic N) is 4. The highest BCUT2D eigenvalue weighted by Gasteiger charge is 2.31. The van der Waals surface area contributed by atoms with E-state index in [-0.39, 0.29) is 11.8 Å². The third kappa shape index (κ3) is 5.05. The van der Waals surface area contributed by atoms with Gasteiger partial charge < -0.3 is 15.0 Å². The first-order chi connectivity index (χ1) is 12.7. The van der Waals surface area contributed by atoms with Crippen LogP contribution in [0.3, 0.4) is 0 Å². The summed E-state index contributed by atoms with van der Waals surface area (Å²) in [7, 11) is 1.65. The van der Waals surface area contributed by atoms with Gasteiger partial charge in [-0.3, -0.25) is 9.69 Å². The maximum atomic E-state index is 12.3. The summed E-state index contributed by atoms with van der Waals surface area (Å²) in [5, 5.41) is 11.5. The van der Waals surface area contributed by atoms with Crippen LogP contribution in [0, 0.1) is 5.92 Å². The van der Waals surface area contributed by atoms with Crippen molar-refractivity contribution in [3.63, 3.8) is 0 Å². The number of hydrogen-bond donors (Lipinski definition) is 1. The van der Waals surface area contributed by atoms with Gasteiger partial charge in [0.1, 0.15) is 0 Å². The Labute approximate surface area is 160 Å². The standard InChI is InChI=1S/C18H28ClN5O2/c1-26-12-8-20-18(25)14-3-2-9-24(13-14)15-6-10-23(11-7-15)17-5-4-16(19)21-22-17/h4-5,14-15H,2-3,6-13H2,1H3,(H,20,25)/t14-/m1/s1. The lowest BCUT2D eigenvalue weighted by Gasteiger charge is -2.42. The maximum absolute atomic E-state index is 12.3. The van der Waals surface area contributed by atoms with E-state index >= 15 is 0 Å². The molecule has 8 heteroatoms. The Balaban J connectivity index is 1.47. The second-order valence-electron chi connectivity index (χ2n) is 7.05. The van der Waals surface area contributed by atoms with Crippen LogP contribution in [0.5, 0.6) is 0 Å². The fourth-order valence-corrected chi connectivity index (χ4v) is 4.01. The molecule has 26 heavy (non-hydrogen) atoms. The van der Waals surface area contributed by atoms with Crippen LogP contribution in [0.2, 0.25) is 5.15 Å². The summed E-state index contributed by atoms with van der Waals surface area (Å²) in [5.41, 5.74) is 0. The predicted molar refractivity (Wildman–Crippen MR) is 101 cm³/mol. The zero-order valence-corrected chi connectivity index (χ0v) is 16.1. The number of carbonyl (C=O) groups excluding carboxylic acids is 1. The molecule has 1 aromatic heterocycles. The van der Waals surface area contributed by atoms with Crippen molar-refractivity contribution in [1.82, 2.24) is 20.4 Å². The lowest BCUT2D eigenvalue weighted by atomic mass is 9.93. The van der Waals surface area contributed by atoms with Gasteiger partial charge in [0.15, 0.2) is 11.0 Å². The molecule has 2 saturated heterocycles. The maximum Gasteiger partial charge on any atom is 0.224 e. The van der Waals surface area contributed by atoms with Gasteiger partial charge in [0, 0.05) is 39.3 Å². The molecule has 1 atom stereocenters. The highest BCUT2D eigenvalue weighted by Crippen LogP contribution is 2.25. The van der Waals surface area contributed by atoms with E-state index in [1.165, 1.54) is 0 Å². The van der Waals surface area contributed by atoms with E-state index in [0.717, 1.165) is 57.7 Å². The molecule has 0 spiro atoms. The van der Waals surface area contributed by atoms with Crippen molar-refractivity contribution in [3.8, 4) is 0 Å². The Kier molecular flexibility index (Phi) is 7.05. The normalized spacial score (nSPS) is 22.4. The minimum absolute atomic E-state index is 0.0979. The number of methoxy groups -OCH3 is 1. The molecule has 0 bridgehead atoms. The molecule has 3 heterocycles. The zero-order chi connectivity index (χ0) is 18.4. The van der Waals surface area contributed by atoms with Crippen molar-refractivity contribution in [3.05, 3.63) is 17.3 Å². The first kappa shape index (κ1) is 19.3. The van der Waals surface area contributed by atoms with Crippen LogP contribution in [0.4, 0.5) is 5.82 Å². The van der Waals surface area contributed by atoms with E-state index in [9.17, 15) is 4.79 Å². The fraction of sp³-hybridized carbons (Fsp3) is 0.722. The summed E-state index contributed by atoms with van der Waals surface area (Å²) < 4.78 is 5.00. The number of carbonyl (C=O) groups is 1. The molecule has 7 nitrogen and oxygen atoms in total. The number of rotatable bonds is 6. The first-order valence-electron chi connectivity index (χ1n) is 9.42. The largest absolute Gasteiger partial charge is 0.383 e. The Morgan fingerprint density at radius 1 is 1.27 bits per heavy atom. The third-order valence-electron chi connectivity index (χ3n) is 5.35. The SMILES string of the molecule is COCCNC(=O)[C@@H]1CCCN(C2CCN(c3ccc(Cl)nn3)CC2)C1. The monoisotopic (exact) mass is 381 g/mol. The van der Waals surface area contributed by atoms with Gasteiger partial charge in [0.05, 0.1) is 12.5 Å². The molecule has 1 aromatic rings. The molecule has 1 amide bonds. The third-order valence-corrected chi connectivity index (χ3v) is 5.55.